The van der Waals surface area contributed by atoms with Gasteiger partial charge in [0.25, 0.3) is 0 Å². The Balaban J connectivity index is 1.69. The first-order valence-corrected chi connectivity index (χ1v) is 8.48. The van der Waals surface area contributed by atoms with E-state index in [9.17, 15) is 4.79 Å². The lowest BCUT2D eigenvalue weighted by atomic mass is 9.73. The Morgan fingerprint density at radius 2 is 2.05 bits per heavy atom. The van der Waals surface area contributed by atoms with Crippen molar-refractivity contribution in [3.63, 3.8) is 0 Å². The second-order valence-corrected chi connectivity index (χ2v) is 6.65. The van der Waals surface area contributed by atoms with Crippen molar-refractivity contribution < 1.29 is 14.3 Å². The van der Waals surface area contributed by atoms with Gasteiger partial charge in [-0.3, -0.25) is 0 Å². The fraction of sp³-hybridized carbons (Fsp3) is 0.938. The molecule has 0 aromatic heterocycles. The Labute approximate surface area is 127 Å². The number of likely N-dealkylation sites (tertiary alicyclic amines) is 2. The number of ether oxygens (including phenoxy) is 2. The molecule has 3 saturated heterocycles. The molecule has 21 heavy (non-hydrogen) atoms. The van der Waals surface area contributed by atoms with Crippen LogP contribution in [-0.2, 0) is 9.47 Å². The maximum atomic E-state index is 12.7. The van der Waals surface area contributed by atoms with E-state index in [0.717, 1.165) is 78.1 Å². The molecule has 120 valence electrons. The number of fused-ring (bicyclic) bond motifs is 1. The largest absolute Gasteiger partial charge is 0.381 e. The summed E-state index contributed by atoms with van der Waals surface area (Å²) in [4.78, 5) is 16.7. The number of rotatable bonds is 3. The third-order valence-corrected chi connectivity index (χ3v) is 5.23. The van der Waals surface area contributed by atoms with Crippen LogP contribution in [0.1, 0.15) is 39.0 Å². The lowest BCUT2D eigenvalue weighted by molar-refractivity contribution is -0.146. The van der Waals surface area contributed by atoms with Crippen molar-refractivity contribution in [2.24, 2.45) is 5.41 Å². The average molecular weight is 296 g/mol. The molecule has 0 unspecified atom stereocenters. The standard InChI is InChI=1S/C16H28N2O3/c1-2-20-13-16-7-5-11-21-14(16)6-10-18(12-16)15(19)17-8-3-4-9-17/h14H,2-13H2,1H3/t14-,16-/m1/s1. The third kappa shape index (κ3) is 3.04. The molecule has 2 atom stereocenters. The van der Waals surface area contributed by atoms with Gasteiger partial charge in [-0.25, -0.2) is 4.79 Å². The summed E-state index contributed by atoms with van der Waals surface area (Å²) in [5.74, 6) is 0. The number of urea groups is 1. The van der Waals surface area contributed by atoms with Crippen molar-refractivity contribution in [3.8, 4) is 0 Å². The molecule has 5 heteroatoms. The van der Waals surface area contributed by atoms with Gasteiger partial charge < -0.3 is 19.3 Å². The van der Waals surface area contributed by atoms with Crippen LogP contribution in [0, 0.1) is 5.41 Å². The molecule has 0 saturated carbocycles. The van der Waals surface area contributed by atoms with Gasteiger partial charge in [0.1, 0.15) is 0 Å². The molecule has 0 bridgehead atoms. The number of piperidine rings is 1. The Kier molecular flexibility index (Phi) is 4.69. The zero-order valence-electron chi connectivity index (χ0n) is 13.2. The molecule has 5 nitrogen and oxygen atoms in total. The first-order valence-electron chi connectivity index (χ1n) is 8.48. The van der Waals surface area contributed by atoms with Gasteiger partial charge in [0, 0.05) is 44.8 Å². The Hall–Kier alpha value is -0.810. The Morgan fingerprint density at radius 1 is 1.24 bits per heavy atom. The minimum atomic E-state index is 0.0158. The predicted molar refractivity (Wildman–Crippen MR) is 80.3 cm³/mol. The van der Waals surface area contributed by atoms with Gasteiger partial charge in [0.2, 0.25) is 0 Å². The average Bonchev–Trinajstić information content (AvgIpc) is 3.06. The zero-order valence-corrected chi connectivity index (χ0v) is 13.2. The van der Waals surface area contributed by atoms with E-state index in [4.69, 9.17) is 9.47 Å². The molecular weight excluding hydrogens is 268 g/mol. The topological polar surface area (TPSA) is 42.0 Å². The van der Waals surface area contributed by atoms with Gasteiger partial charge in [-0.1, -0.05) is 0 Å². The summed E-state index contributed by atoms with van der Waals surface area (Å²) >= 11 is 0. The monoisotopic (exact) mass is 296 g/mol. The fourth-order valence-corrected chi connectivity index (χ4v) is 4.08. The van der Waals surface area contributed by atoms with E-state index in [1.165, 1.54) is 0 Å². The van der Waals surface area contributed by atoms with Crippen LogP contribution in [-0.4, -0.2) is 67.9 Å². The highest BCUT2D eigenvalue weighted by atomic mass is 16.5. The van der Waals surface area contributed by atoms with Crippen LogP contribution in [0.2, 0.25) is 0 Å². The van der Waals surface area contributed by atoms with Crippen molar-refractivity contribution >= 4 is 6.03 Å². The molecule has 3 rings (SSSR count). The number of carbonyl (C=O) groups excluding carboxylic acids is 1. The maximum absolute atomic E-state index is 12.7. The van der Waals surface area contributed by atoms with E-state index in [-0.39, 0.29) is 17.6 Å². The Morgan fingerprint density at radius 3 is 2.81 bits per heavy atom. The van der Waals surface area contributed by atoms with Crippen LogP contribution in [0.15, 0.2) is 0 Å². The van der Waals surface area contributed by atoms with Gasteiger partial charge in [0.15, 0.2) is 0 Å². The summed E-state index contributed by atoms with van der Waals surface area (Å²) in [6.45, 7) is 7.82. The van der Waals surface area contributed by atoms with Gasteiger partial charge in [-0.05, 0) is 39.0 Å². The van der Waals surface area contributed by atoms with Crippen molar-refractivity contribution in [1.29, 1.82) is 0 Å². The Bertz CT molecular complexity index is 371. The highest BCUT2D eigenvalue weighted by Crippen LogP contribution is 2.40. The SMILES string of the molecule is CCOC[C@]12CCCO[C@@H]1CCN(C(=O)N1CCCC1)C2. The second kappa shape index (κ2) is 6.53. The molecule has 0 aliphatic carbocycles. The van der Waals surface area contributed by atoms with E-state index in [1.807, 2.05) is 11.8 Å². The van der Waals surface area contributed by atoms with Gasteiger partial charge in [-0.15, -0.1) is 0 Å². The van der Waals surface area contributed by atoms with E-state index in [2.05, 4.69) is 4.90 Å². The van der Waals surface area contributed by atoms with Crippen molar-refractivity contribution in [2.45, 2.75) is 45.1 Å². The molecule has 3 fully saturated rings. The van der Waals surface area contributed by atoms with E-state index in [1.54, 1.807) is 0 Å². The number of hydrogen-bond acceptors (Lipinski definition) is 3. The van der Waals surface area contributed by atoms with E-state index in [0.29, 0.717) is 0 Å². The van der Waals surface area contributed by atoms with Crippen LogP contribution in [0.3, 0.4) is 0 Å². The quantitative estimate of drug-likeness (QED) is 0.801. The molecular formula is C16H28N2O3. The summed E-state index contributed by atoms with van der Waals surface area (Å²) in [5.41, 5.74) is 0.0158. The molecule has 0 aromatic rings. The molecule has 0 radical (unpaired) electrons. The summed E-state index contributed by atoms with van der Waals surface area (Å²) in [6, 6.07) is 0.229. The van der Waals surface area contributed by atoms with Crippen LogP contribution in [0.5, 0.6) is 0 Å². The van der Waals surface area contributed by atoms with Crippen molar-refractivity contribution in [2.75, 3.05) is 46.0 Å². The number of amides is 2. The zero-order chi connectivity index (χ0) is 14.7. The highest BCUT2D eigenvalue weighted by Gasteiger charge is 2.47. The predicted octanol–water partition coefficient (Wildman–Crippen LogP) is 2.11. The smallest absolute Gasteiger partial charge is 0.320 e. The minimum Gasteiger partial charge on any atom is -0.381 e. The number of nitrogens with zero attached hydrogens (tertiary/aromatic N) is 2. The van der Waals surface area contributed by atoms with Crippen LogP contribution in [0.4, 0.5) is 4.79 Å². The first-order chi connectivity index (χ1) is 10.2. The van der Waals surface area contributed by atoms with Gasteiger partial charge >= 0.3 is 6.03 Å². The van der Waals surface area contributed by atoms with E-state index < -0.39 is 0 Å². The number of hydrogen-bond donors (Lipinski definition) is 0. The van der Waals surface area contributed by atoms with E-state index >= 15 is 0 Å². The second-order valence-electron chi connectivity index (χ2n) is 6.65. The summed E-state index contributed by atoms with van der Waals surface area (Å²) in [7, 11) is 0. The molecule has 3 aliphatic rings. The molecule has 2 amide bonds. The van der Waals surface area contributed by atoms with Crippen LogP contribution in [0.25, 0.3) is 0 Å². The minimum absolute atomic E-state index is 0.0158. The summed E-state index contributed by atoms with van der Waals surface area (Å²) < 4.78 is 11.8. The van der Waals surface area contributed by atoms with Crippen LogP contribution >= 0.6 is 0 Å². The third-order valence-electron chi connectivity index (χ3n) is 5.23. The molecule has 0 spiro atoms. The summed E-state index contributed by atoms with van der Waals surface area (Å²) in [6.07, 6.45) is 5.70. The molecule has 3 heterocycles. The molecule has 0 aromatic carbocycles. The lowest BCUT2D eigenvalue weighted by Crippen LogP contribution is -2.59. The maximum Gasteiger partial charge on any atom is 0.320 e. The van der Waals surface area contributed by atoms with Gasteiger partial charge in [-0.2, -0.15) is 0 Å². The molecule has 0 N–H and O–H groups in total. The van der Waals surface area contributed by atoms with Crippen molar-refractivity contribution in [3.05, 3.63) is 0 Å². The normalized spacial score (nSPS) is 33.1. The van der Waals surface area contributed by atoms with Crippen molar-refractivity contribution in [1.82, 2.24) is 9.80 Å². The first kappa shape index (κ1) is 15.1. The van der Waals surface area contributed by atoms with Gasteiger partial charge in [0.05, 0.1) is 12.7 Å². The van der Waals surface area contributed by atoms with Crippen LogP contribution < -0.4 is 0 Å². The summed E-state index contributed by atoms with van der Waals surface area (Å²) in [5, 5.41) is 0. The highest BCUT2D eigenvalue weighted by molar-refractivity contribution is 5.75. The fourth-order valence-electron chi connectivity index (χ4n) is 4.08. The number of carbonyl (C=O) groups is 1. The molecule has 3 aliphatic heterocycles. The lowest BCUT2D eigenvalue weighted by Gasteiger charge is -2.50.